The molecule has 0 saturated carbocycles. The molecule has 3 rings (SSSR count). The van der Waals surface area contributed by atoms with E-state index in [4.69, 9.17) is 0 Å². The molecule has 2 aromatic heterocycles. The average molecular weight is 174 g/mol. The summed E-state index contributed by atoms with van der Waals surface area (Å²) in [4.78, 5) is 22.0. The lowest BCUT2D eigenvalue weighted by atomic mass is 10.5. The number of amides is 2. The van der Waals surface area contributed by atoms with Crippen LogP contribution in [0.4, 0.5) is 4.79 Å². The van der Waals surface area contributed by atoms with Gasteiger partial charge in [-0.25, -0.2) is 9.78 Å². The first kappa shape index (κ1) is 6.35. The van der Waals surface area contributed by atoms with Gasteiger partial charge in [-0.1, -0.05) is 5.21 Å². The molecule has 0 bridgehead atoms. The number of hydrogen-bond donors (Lipinski definition) is 0. The second-order valence-electron chi connectivity index (χ2n) is 2.49. The minimum atomic E-state index is -0.531. The van der Waals surface area contributed by atoms with Crippen LogP contribution in [0.15, 0.2) is 22.5 Å². The van der Waals surface area contributed by atoms with Crippen LogP contribution >= 0.6 is 0 Å². The van der Waals surface area contributed by atoms with Crippen molar-refractivity contribution in [1.29, 1.82) is 0 Å². The fraction of sp³-hybridized carbons (Fsp3) is 0. The van der Waals surface area contributed by atoms with Gasteiger partial charge in [0.2, 0.25) is 0 Å². The molecule has 7 nitrogen and oxygen atoms in total. The van der Waals surface area contributed by atoms with Crippen LogP contribution in [0.25, 0.3) is 5.52 Å². The number of hydrogen-bond acceptors (Lipinski definition) is 4. The Morgan fingerprint density at radius 2 is 2.23 bits per heavy atom. The molecule has 3 heterocycles. The summed E-state index contributed by atoms with van der Waals surface area (Å²) in [6.45, 7) is 0. The third kappa shape index (κ3) is 0.723. The number of rotatable bonds is 0. The average Bonchev–Trinajstić information content (AvgIpc) is 2.65. The number of urea groups is 1. The Labute approximate surface area is 70.5 Å². The fourth-order valence-corrected chi connectivity index (χ4v) is 1.18. The monoisotopic (exact) mass is 174 g/mol. The second-order valence-corrected chi connectivity index (χ2v) is 2.49. The van der Waals surface area contributed by atoms with Crippen LogP contribution in [0.5, 0.6) is 0 Å². The zero-order valence-electron chi connectivity index (χ0n) is 6.25. The van der Waals surface area contributed by atoms with Gasteiger partial charge in [-0.15, -0.1) is 5.10 Å². The minimum absolute atomic E-state index is 0.333. The highest BCUT2D eigenvalue weighted by Crippen LogP contribution is 1.90. The lowest BCUT2D eigenvalue weighted by Gasteiger charge is -1.85. The van der Waals surface area contributed by atoms with Crippen LogP contribution in [0, 0.1) is 0 Å². The summed E-state index contributed by atoms with van der Waals surface area (Å²) in [7, 11) is 0. The summed E-state index contributed by atoms with van der Waals surface area (Å²) in [6, 6.07) is -0.531. The molecule has 0 fully saturated rings. The Morgan fingerprint density at radius 1 is 1.31 bits per heavy atom. The molecular formula is C6H2N6O. The molecule has 13 heavy (non-hydrogen) atoms. The van der Waals surface area contributed by atoms with Crippen LogP contribution in [-0.2, 0) is 0 Å². The van der Waals surface area contributed by atoms with Crippen molar-refractivity contribution in [2.24, 2.45) is 9.98 Å². The lowest BCUT2D eigenvalue weighted by molar-refractivity contribution is 0.256. The summed E-state index contributed by atoms with van der Waals surface area (Å²) >= 11 is 0. The molecule has 2 aromatic rings. The maximum Gasteiger partial charge on any atom is 0.369 e. The van der Waals surface area contributed by atoms with Gasteiger partial charge >= 0.3 is 6.03 Å². The maximum absolute atomic E-state index is 10.8. The van der Waals surface area contributed by atoms with Gasteiger partial charge in [-0.3, -0.25) is 0 Å². The summed E-state index contributed by atoms with van der Waals surface area (Å²) in [5, 5.41) is 7.82. The predicted molar refractivity (Wildman–Crippen MR) is 38.5 cm³/mol. The van der Waals surface area contributed by atoms with Gasteiger partial charge in [0.1, 0.15) is 17.2 Å². The van der Waals surface area contributed by atoms with Gasteiger partial charge in [0.05, 0.1) is 6.20 Å². The second kappa shape index (κ2) is 1.94. The van der Waals surface area contributed by atoms with Crippen molar-refractivity contribution < 1.29 is 4.79 Å². The van der Waals surface area contributed by atoms with E-state index in [1.807, 2.05) is 0 Å². The number of carbonyl (C=O) groups excluding carboxylic acids is 1. The molecule has 0 aromatic carbocycles. The van der Waals surface area contributed by atoms with Gasteiger partial charge in [-0.05, 0) is 0 Å². The molecule has 7 heteroatoms. The first-order valence-corrected chi connectivity index (χ1v) is 3.51. The van der Waals surface area contributed by atoms with Crippen molar-refractivity contribution >= 4 is 11.5 Å². The van der Waals surface area contributed by atoms with E-state index < -0.39 is 6.03 Å². The molecule has 1 aliphatic rings. The maximum atomic E-state index is 10.8. The summed E-state index contributed by atoms with van der Waals surface area (Å²) < 4.78 is 1.44. The zero-order chi connectivity index (χ0) is 8.84. The molecular weight excluding hydrogens is 172 g/mol. The third-order valence-electron chi connectivity index (χ3n) is 1.73. The molecule has 62 valence electrons. The smallest absolute Gasteiger partial charge is 0.244 e. The highest BCUT2D eigenvalue weighted by molar-refractivity contribution is 5.78. The van der Waals surface area contributed by atoms with E-state index in [-0.39, 0.29) is 0 Å². The largest absolute Gasteiger partial charge is 0.369 e. The summed E-state index contributed by atoms with van der Waals surface area (Å²) in [6.07, 6.45) is 2.96. The van der Waals surface area contributed by atoms with Gasteiger partial charge < -0.3 is 0 Å². The van der Waals surface area contributed by atoms with Crippen LogP contribution in [-0.4, -0.2) is 25.8 Å². The molecule has 1 aliphatic heterocycles. The van der Waals surface area contributed by atoms with Crippen molar-refractivity contribution in [3.05, 3.63) is 23.4 Å². The Kier molecular flexibility index (Phi) is 0.950. The van der Waals surface area contributed by atoms with Crippen LogP contribution in [0.1, 0.15) is 0 Å². The Bertz CT molecular complexity index is 626. The Hall–Kier alpha value is -2.18. The van der Waals surface area contributed by atoms with Crippen molar-refractivity contribution in [3.63, 3.8) is 0 Å². The predicted octanol–water partition coefficient (Wildman–Crippen LogP) is -1.50. The van der Waals surface area contributed by atoms with Crippen molar-refractivity contribution in [2.45, 2.75) is 0 Å². The highest BCUT2D eigenvalue weighted by atomic mass is 16.2. The first-order chi connectivity index (χ1) is 6.34. The van der Waals surface area contributed by atoms with Crippen LogP contribution in [0.2, 0.25) is 0 Å². The molecule has 0 saturated heterocycles. The molecule has 0 unspecified atom stereocenters. The summed E-state index contributed by atoms with van der Waals surface area (Å²) in [5.41, 5.74) is 0.972. The molecule has 0 atom stereocenters. The van der Waals surface area contributed by atoms with E-state index in [2.05, 4.69) is 25.3 Å². The van der Waals surface area contributed by atoms with E-state index in [1.54, 1.807) is 0 Å². The van der Waals surface area contributed by atoms with Gasteiger partial charge in [0.25, 0.3) is 0 Å². The molecule has 0 spiro atoms. The molecule has 0 N–H and O–H groups in total. The SMILES string of the molecule is O=C1N=c2ncn3nncc3c2=N1. The number of aromatic nitrogens is 4. The van der Waals surface area contributed by atoms with E-state index in [0.717, 1.165) is 0 Å². The van der Waals surface area contributed by atoms with E-state index in [0.29, 0.717) is 16.4 Å². The molecule has 2 amide bonds. The van der Waals surface area contributed by atoms with Crippen molar-refractivity contribution in [2.75, 3.05) is 0 Å². The highest BCUT2D eigenvalue weighted by Gasteiger charge is 2.09. The molecule has 0 aliphatic carbocycles. The van der Waals surface area contributed by atoms with Crippen molar-refractivity contribution in [1.82, 2.24) is 19.8 Å². The zero-order valence-corrected chi connectivity index (χ0v) is 6.25. The van der Waals surface area contributed by atoms with E-state index in [1.165, 1.54) is 17.0 Å². The Morgan fingerprint density at radius 3 is 3.15 bits per heavy atom. The van der Waals surface area contributed by atoms with Crippen molar-refractivity contribution in [3.8, 4) is 0 Å². The van der Waals surface area contributed by atoms with Gasteiger partial charge in [0.15, 0.2) is 5.49 Å². The van der Waals surface area contributed by atoms with Gasteiger partial charge in [0, 0.05) is 0 Å². The number of fused-ring (bicyclic) bond motifs is 3. The minimum Gasteiger partial charge on any atom is -0.244 e. The van der Waals surface area contributed by atoms with Gasteiger partial charge in [-0.2, -0.15) is 14.5 Å². The number of carbonyl (C=O) groups is 1. The van der Waals surface area contributed by atoms with Crippen LogP contribution < -0.4 is 10.8 Å². The summed E-state index contributed by atoms with van der Waals surface area (Å²) in [5.74, 6) is 0. The topological polar surface area (TPSA) is 84.9 Å². The molecule has 0 radical (unpaired) electrons. The lowest BCUT2D eigenvalue weighted by Crippen LogP contribution is -2.27. The number of nitrogens with zero attached hydrogens (tertiary/aromatic N) is 6. The normalized spacial score (nSPS) is 14.0. The third-order valence-corrected chi connectivity index (χ3v) is 1.73. The van der Waals surface area contributed by atoms with E-state index >= 15 is 0 Å². The van der Waals surface area contributed by atoms with E-state index in [9.17, 15) is 4.79 Å². The fourth-order valence-electron chi connectivity index (χ4n) is 1.18. The quantitative estimate of drug-likeness (QED) is 0.486. The standard InChI is InChI=1S/C6H2N6O/c13-6-9-4-3-1-8-11-12(3)2-7-5(4)10-6/h1-2H. The van der Waals surface area contributed by atoms with Crippen LogP contribution in [0.3, 0.4) is 0 Å². The Balaban J connectivity index is 2.69. The first-order valence-electron chi connectivity index (χ1n) is 3.51.